The van der Waals surface area contributed by atoms with Gasteiger partial charge < -0.3 is 4.74 Å². The highest BCUT2D eigenvalue weighted by Gasteiger charge is 2.19. The number of carbonyl (C=O) groups excluding carboxylic acids is 1. The molecular weight excluding hydrogens is 268 g/mol. The van der Waals surface area contributed by atoms with Crippen LogP contribution < -0.4 is 0 Å². The number of fused-ring (bicyclic) bond motifs is 1. The Labute approximate surface area is 114 Å². The van der Waals surface area contributed by atoms with Crippen molar-refractivity contribution >= 4 is 39.3 Å². The molecule has 0 amide bonds. The SMILES string of the molecule is COC(=O)C(C)Sc1ncnc2sc(C)c(C)c12. The molecule has 0 N–H and O–H groups in total. The lowest BCUT2D eigenvalue weighted by molar-refractivity contribution is -0.139. The summed E-state index contributed by atoms with van der Waals surface area (Å²) in [5.41, 5.74) is 1.19. The maximum Gasteiger partial charge on any atom is 0.318 e. The monoisotopic (exact) mass is 282 g/mol. The van der Waals surface area contributed by atoms with E-state index in [0.717, 1.165) is 15.2 Å². The van der Waals surface area contributed by atoms with E-state index in [-0.39, 0.29) is 11.2 Å². The Morgan fingerprint density at radius 3 is 2.83 bits per heavy atom. The van der Waals surface area contributed by atoms with Crippen LogP contribution in [0, 0.1) is 13.8 Å². The number of ether oxygens (including phenoxy) is 1. The zero-order valence-corrected chi connectivity index (χ0v) is 12.3. The van der Waals surface area contributed by atoms with Crippen LogP contribution in [0.5, 0.6) is 0 Å². The summed E-state index contributed by atoms with van der Waals surface area (Å²) in [7, 11) is 1.40. The Morgan fingerprint density at radius 2 is 2.17 bits per heavy atom. The zero-order valence-electron chi connectivity index (χ0n) is 10.7. The largest absolute Gasteiger partial charge is 0.468 e. The molecule has 2 aromatic heterocycles. The van der Waals surface area contributed by atoms with Crippen LogP contribution in [0.15, 0.2) is 11.4 Å². The average molecular weight is 282 g/mol. The molecule has 0 radical (unpaired) electrons. The molecular formula is C12H14N2O2S2. The smallest absolute Gasteiger partial charge is 0.318 e. The fourth-order valence-corrected chi connectivity index (χ4v) is 3.69. The second-order valence-corrected chi connectivity index (χ2v) is 6.46. The van der Waals surface area contributed by atoms with Crippen LogP contribution in [0.1, 0.15) is 17.4 Å². The van der Waals surface area contributed by atoms with Gasteiger partial charge in [0, 0.05) is 10.3 Å². The van der Waals surface area contributed by atoms with Crippen LogP contribution >= 0.6 is 23.1 Å². The molecule has 0 saturated heterocycles. The molecule has 2 heterocycles. The van der Waals surface area contributed by atoms with Crippen molar-refractivity contribution in [1.82, 2.24) is 9.97 Å². The molecule has 6 heteroatoms. The molecule has 0 bridgehead atoms. The predicted molar refractivity (Wildman–Crippen MR) is 74.2 cm³/mol. The molecule has 0 fully saturated rings. The number of methoxy groups -OCH3 is 1. The third-order valence-corrected chi connectivity index (χ3v) is 4.95. The van der Waals surface area contributed by atoms with E-state index in [0.29, 0.717) is 0 Å². The summed E-state index contributed by atoms with van der Waals surface area (Å²) in [5, 5.41) is 1.63. The quantitative estimate of drug-likeness (QED) is 0.492. The van der Waals surface area contributed by atoms with E-state index < -0.39 is 0 Å². The molecule has 0 saturated carbocycles. The van der Waals surface area contributed by atoms with Gasteiger partial charge in [-0.05, 0) is 26.3 Å². The van der Waals surface area contributed by atoms with Gasteiger partial charge in [-0.3, -0.25) is 4.79 Å². The highest BCUT2D eigenvalue weighted by Crippen LogP contribution is 2.35. The first-order chi connectivity index (χ1) is 8.54. The first-order valence-electron chi connectivity index (χ1n) is 5.49. The number of thiophene rings is 1. The van der Waals surface area contributed by atoms with Gasteiger partial charge in [-0.25, -0.2) is 9.97 Å². The van der Waals surface area contributed by atoms with Crippen LogP contribution in [0.2, 0.25) is 0 Å². The number of aromatic nitrogens is 2. The average Bonchev–Trinajstić information content (AvgIpc) is 2.65. The maximum atomic E-state index is 11.5. The minimum Gasteiger partial charge on any atom is -0.468 e. The number of carbonyl (C=O) groups is 1. The Bertz CT molecular complexity index is 595. The lowest BCUT2D eigenvalue weighted by Gasteiger charge is -2.08. The number of hydrogen-bond donors (Lipinski definition) is 0. The lowest BCUT2D eigenvalue weighted by Crippen LogP contribution is -2.14. The van der Waals surface area contributed by atoms with E-state index in [1.54, 1.807) is 17.7 Å². The lowest BCUT2D eigenvalue weighted by atomic mass is 10.2. The first kappa shape index (κ1) is 13.3. The minimum absolute atomic E-state index is 0.239. The second-order valence-electron chi connectivity index (χ2n) is 3.93. The molecule has 2 aromatic rings. The van der Waals surface area contributed by atoms with E-state index >= 15 is 0 Å². The Balaban J connectivity index is 2.42. The number of esters is 1. The molecule has 1 atom stereocenters. The molecule has 0 aliphatic carbocycles. The fraction of sp³-hybridized carbons (Fsp3) is 0.417. The van der Waals surface area contributed by atoms with E-state index in [2.05, 4.69) is 23.8 Å². The van der Waals surface area contributed by atoms with Gasteiger partial charge in [0.1, 0.15) is 21.4 Å². The predicted octanol–water partition coefficient (Wildman–Crippen LogP) is 2.96. The van der Waals surface area contributed by atoms with Gasteiger partial charge in [-0.2, -0.15) is 0 Å². The van der Waals surface area contributed by atoms with Gasteiger partial charge in [-0.1, -0.05) is 11.8 Å². The third kappa shape index (κ3) is 2.35. The van der Waals surface area contributed by atoms with Crippen molar-refractivity contribution < 1.29 is 9.53 Å². The molecule has 4 nitrogen and oxygen atoms in total. The highest BCUT2D eigenvalue weighted by molar-refractivity contribution is 8.00. The summed E-state index contributed by atoms with van der Waals surface area (Å²) in [6.45, 7) is 5.95. The van der Waals surface area contributed by atoms with Crippen LogP contribution in [-0.4, -0.2) is 28.3 Å². The zero-order chi connectivity index (χ0) is 13.3. The minimum atomic E-state index is -0.271. The van der Waals surface area contributed by atoms with Crippen molar-refractivity contribution in [2.75, 3.05) is 7.11 Å². The topological polar surface area (TPSA) is 52.1 Å². The van der Waals surface area contributed by atoms with Crippen LogP contribution in [0.4, 0.5) is 0 Å². The van der Waals surface area contributed by atoms with E-state index in [4.69, 9.17) is 4.74 Å². The molecule has 96 valence electrons. The van der Waals surface area contributed by atoms with Crippen molar-refractivity contribution in [3.63, 3.8) is 0 Å². The summed E-state index contributed by atoms with van der Waals surface area (Å²) >= 11 is 3.07. The number of aryl methyl sites for hydroxylation is 2. The standard InChI is InChI=1S/C12H14N2O2S2/c1-6-7(2)17-10-9(6)11(14-5-13-10)18-8(3)12(15)16-4/h5,8H,1-4H3. The molecule has 18 heavy (non-hydrogen) atoms. The molecule has 0 aliphatic rings. The fourth-order valence-electron chi connectivity index (χ4n) is 1.62. The Morgan fingerprint density at radius 1 is 1.44 bits per heavy atom. The molecule has 2 rings (SSSR count). The summed E-state index contributed by atoms with van der Waals surface area (Å²) < 4.78 is 4.73. The van der Waals surface area contributed by atoms with Gasteiger partial charge >= 0.3 is 5.97 Å². The molecule has 0 spiro atoms. The van der Waals surface area contributed by atoms with Crippen LogP contribution in [0.25, 0.3) is 10.2 Å². The molecule has 0 aliphatic heterocycles. The van der Waals surface area contributed by atoms with E-state index in [1.807, 2.05) is 6.92 Å². The van der Waals surface area contributed by atoms with Crippen molar-refractivity contribution in [2.45, 2.75) is 31.0 Å². The van der Waals surface area contributed by atoms with Gasteiger partial charge in [0.2, 0.25) is 0 Å². The van der Waals surface area contributed by atoms with Crippen LogP contribution in [0.3, 0.4) is 0 Å². The normalized spacial score (nSPS) is 12.7. The van der Waals surface area contributed by atoms with Crippen LogP contribution in [-0.2, 0) is 9.53 Å². The molecule has 1 unspecified atom stereocenters. The number of thioether (sulfide) groups is 1. The summed E-state index contributed by atoms with van der Waals surface area (Å²) in [4.78, 5) is 22.2. The van der Waals surface area contributed by atoms with Gasteiger partial charge in [0.05, 0.1) is 7.11 Å². The molecule has 0 aromatic carbocycles. The highest BCUT2D eigenvalue weighted by atomic mass is 32.2. The van der Waals surface area contributed by atoms with Gasteiger partial charge in [-0.15, -0.1) is 11.3 Å². The Hall–Kier alpha value is -1.14. The summed E-state index contributed by atoms with van der Waals surface area (Å²) in [6.07, 6.45) is 1.55. The van der Waals surface area contributed by atoms with E-state index in [9.17, 15) is 4.79 Å². The number of hydrogen-bond acceptors (Lipinski definition) is 6. The number of rotatable bonds is 3. The maximum absolute atomic E-state index is 11.5. The van der Waals surface area contributed by atoms with Gasteiger partial charge in [0.15, 0.2) is 0 Å². The summed E-state index contributed by atoms with van der Waals surface area (Å²) in [6, 6.07) is 0. The van der Waals surface area contributed by atoms with E-state index in [1.165, 1.54) is 29.3 Å². The van der Waals surface area contributed by atoms with Crippen molar-refractivity contribution in [3.8, 4) is 0 Å². The Kier molecular flexibility index (Phi) is 3.87. The van der Waals surface area contributed by atoms with Gasteiger partial charge in [0.25, 0.3) is 0 Å². The first-order valence-corrected chi connectivity index (χ1v) is 7.19. The number of nitrogens with zero attached hydrogens (tertiary/aromatic N) is 2. The second kappa shape index (κ2) is 5.24. The third-order valence-electron chi connectivity index (χ3n) is 2.75. The van der Waals surface area contributed by atoms with Crippen molar-refractivity contribution in [2.24, 2.45) is 0 Å². The van der Waals surface area contributed by atoms with Crippen molar-refractivity contribution in [3.05, 3.63) is 16.8 Å². The summed E-state index contributed by atoms with van der Waals surface area (Å²) in [5.74, 6) is -0.239. The van der Waals surface area contributed by atoms with Crippen molar-refractivity contribution in [1.29, 1.82) is 0 Å².